The number of aromatic amines is 1. The first kappa shape index (κ1) is 14.0. The molecule has 1 fully saturated rings. The van der Waals surface area contributed by atoms with Crippen LogP contribution in [0.5, 0.6) is 0 Å². The van der Waals surface area contributed by atoms with Gasteiger partial charge in [0.05, 0.1) is 12.7 Å². The van der Waals surface area contributed by atoms with Crippen molar-refractivity contribution in [2.45, 2.75) is 25.9 Å². The van der Waals surface area contributed by atoms with E-state index in [4.69, 9.17) is 4.74 Å². The molecule has 2 N–H and O–H groups in total. The molecule has 0 spiro atoms. The van der Waals surface area contributed by atoms with Crippen molar-refractivity contribution in [2.24, 2.45) is 0 Å². The summed E-state index contributed by atoms with van der Waals surface area (Å²) < 4.78 is 5.66. The molecule has 6 nitrogen and oxygen atoms in total. The summed E-state index contributed by atoms with van der Waals surface area (Å²) in [6, 6.07) is 1.53. The lowest BCUT2D eigenvalue weighted by atomic mass is 10.2. The first-order chi connectivity index (χ1) is 9.06. The van der Waals surface area contributed by atoms with E-state index in [2.05, 4.69) is 15.3 Å². The van der Waals surface area contributed by atoms with Crippen LogP contribution in [0.1, 0.15) is 25.6 Å². The number of hydrogen-bond acceptors (Lipinski definition) is 5. The molecule has 0 bridgehead atoms. The van der Waals surface area contributed by atoms with Gasteiger partial charge in [-0.25, -0.2) is 4.98 Å². The highest BCUT2D eigenvalue weighted by Crippen LogP contribution is 2.12. The van der Waals surface area contributed by atoms with Crippen LogP contribution in [0.25, 0.3) is 0 Å². The number of rotatable bonds is 4. The SMILES string of the molecule is CC(C)c1nc(N(C)CC2CNCCO2)cc(=O)[nH]1. The fraction of sp³-hybridized carbons (Fsp3) is 0.692. The molecular weight excluding hydrogens is 244 g/mol. The Morgan fingerprint density at radius 3 is 3.00 bits per heavy atom. The Labute approximate surface area is 113 Å². The summed E-state index contributed by atoms with van der Waals surface area (Å²) in [7, 11) is 1.93. The third-order valence-corrected chi connectivity index (χ3v) is 3.17. The van der Waals surface area contributed by atoms with E-state index >= 15 is 0 Å². The highest BCUT2D eigenvalue weighted by Gasteiger charge is 2.17. The molecule has 2 rings (SSSR count). The molecular formula is C13H22N4O2. The molecule has 0 amide bonds. The van der Waals surface area contributed by atoms with Crippen LogP contribution in [-0.4, -0.2) is 49.4 Å². The van der Waals surface area contributed by atoms with Crippen molar-refractivity contribution in [1.82, 2.24) is 15.3 Å². The molecule has 2 heterocycles. The van der Waals surface area contributed by atoms with Crippen molar-refractivity contribution in [1.29, 1.82) is 0 Å². The van der Waals surface area contributed by atoms with Crippen molar-refractivity contribution in [3.05, 3.63) is 22.2 Å². The van der Waals surface area contributed by atoms with Crippen LogP contribution in [0, 0.1) is 0 Å². The molecule has 1 aromatic heterocycles. The van der Waals surface area contributed by atoms with Crippen LogP contribution >= 0.6 is 0 Å². The standard InChI is InChI=1S/C13H22N4O2/c1-9(2)13-15-11(6-12(18)16-13)17(3)8-10-7-14-4-5-19-10/h6,9-10,14H,4-5,7-8H2,1-3H3,(H,15,16,18). The smallest absolute Gasteiger partial charge is 0.252 e. The number of anilines is 1. The predicted octanol–water partition coefficient (Wildman–Crippen LogP) is 0.318. The summed E-state index contributed by atoms with van der Waals surface area (Å²) >= 11 is 0. The number of aromatic nitrogens is 2. The average Bonchev–Trinajstić information content (AvgIpc) is 2.39. The first-order valence-electron chi connectivity index (χ1n) is 6.71. The Morgan fingerprint density at radius 2 is 2.37 bits per heavy atom. The lowest BCUT2D eigenvalue weighted by Gasteiger charge is -2.28. The number of nitrogens with one attached hydrogen (secondary N) is 2. The van der Waals surface area contributed by atoms with Crippen LogP contribution in [-0.2, 0) is 4.74 Å². The topological polar surface area (TPSA) is 70.2 Å². The monoisotopic (exact) mass is 266 g/mol. The molecule has 19 heavy (non-hydrogen) atoms. The summed E-state index contributed by atoms with van der Waals surface area (Å²) in [5.41, 5.74) is -0.108. The summed E-state index contributed by atoms with van der Waals surface area (Å²) in [4.78, 5) is 20.9. The zero-order valence-corrected chi connectivity index (χ0v) is 11.8. The van der Waals surface area contributed by atoms with Crippen LogP contribution in [0.15, 0.2) is 10.9 Å². The third kappa shape index (κ3) is 3.78. The Kier molecular flexibility index (Phi) is 4.55. The second-order valence-corrected chi connectivity index (χ2v) is 5.22. The van der Waals surface area contributed by atoms with Gasteiger partial charge in [-0.15, -0.1) is 0 Å². The van der Waals surface area contributed by atoms with Crippen molar-refractivity contribution in [3.8, 4) is 0 Å². The summed E-state index contributed by atoms with van der Waals surface area (Å²) in [5.74, 6) is 1.62. The number of nitrogens with zero attached hydrogens (tertiary/aromatic N) is 2. The second-order valence-electron chi connectivity index (χ2n) is 5.22. The number of ether oxygens (including phenoxy) is 1. The minimum absolute atomic E-state index is 0.108. The van der Waals surface area contributed by atoms with Gasteiger partial charge in [0, 0.05) is 38.7 Å². The van der Waals surface area contributed by atoms with Gasteiger partial charge in [0.25, 0.3) is 5.56 Å². The molecule has 1 unspecified atom stereocenters. The fourth-order valence-electron chi connectivity index (χ4n) is 2.07. The zero-order valence-electron chi connectivity index (χ0n) is 11.8. The van der Waals surface area contributed by atoms with Gasteiger partial charge in [-0.05, 0) is 0 Å². The number of H-pyrrole nitrogens is 1. The lowest BCUT2D eigenvalue weighted by Crippen LogP contribution is -2.44. The number of morpholine rings is 1. The molecule has 1 atom stereocenters. The van der Waals surface area contributed by atoms with Gasteiger partial charge < -0.3 is 19.9 Å². The van der Waals surface area contributed by atoms with Crippen molar-refractivity contribution < 1.29 is 4.74 Å². The van der Waals surface area contributed by atoms with E-state index in [1.54, 1.807) is 0 Å². The summed E-state index contributed by atoms with van der Waals surface area (Å²) in [6.45, 7) is 7.22. The fourth-order valence-corrected chi connectivity index (χ4v) is 2.07. The molecule has 0 aromatic carbocycles. The Balaban J connectivity index is 2.09. The minimum atomic E-state index is -0.108. The first-order valence-corrected chi connectivity index (χ1v) is 6.71. The molecule has 0 saturated carbocycles. The molecule has 1 aromatic rings. The average molecular weight is 266 g/mol. The lowest BCUT2D eigenvalue weighted by molar-refractivity contribution is 0.0339. The van der Waals surface area contributed by atoms with E-state index in [9.17, 15) is 4.79 Å². The maximum Gasteiger partial charge on any atom is 0.252 e. The van der Waals surface area contributed by atoms with Gasteiger partial charge in [-0.3, -0.25) is 4.79 Å². The Morgan fingerprint density at radius 1 is 1.58 bits per heavy atom. The maximum absolute atomic E-state index is 11.6. The van der Waals surface area contributed by atoms with Crippen molar-refractivity contribution in [2.75, 3.05) is 38.2 Å². The molecule has 6 heteroatoms. The van der Waals surface area contributed by atoms with Gasteiger partial charge in [0.2, 0.25) is 0 Å². The van der Waals surface area contributed by atoms with Gasteiger partial charge >= 0.3 is 0 Å². The van der Waals surface area contributed by atoms with E-state index in [1.165, 1.54) is 6.07 Å². The molecule has 0 radical (unpaired) electrons. The largest absolute Gasteiger partial charge is 0.374 e. The molecule has 0 aliphatic carbocycles. The summed E-state index contributed by atoms with van der Waals surface area (Å²) in [6.07, 6.45) is 0.141. The molecule has 106 valence electrons. The van der Waals surface area contributed by atoms with E-state index < -0.39 is 0 Å². The van der Waals surface area contributed by atoms with E-state index in [-0.39, 0.29) is 17.6 Å². The van der Waals surface area contributed by atoms with Crippen molar-refractivity contribution in [3.63, 3.8) is 0 Å². The quantitative estimate of drug-likeness (QED) is 0.821. The highest BCUT2D eigenvalue weighted by molar-refractivity contribution is 5.36. The number of likely N-dealkylation sites (N-methyl/N-ethyl adjacent to an activating group) is 1. The zero-order chi connectivity index (χ0) is 13.8. The van der Waals surface area contributed by atoms with E-state index in [0.29, 0.717) is 5.82 Å². The normalized spacial score (nSPS) is 19.7. The van der Waals surface area contributed by atoms with Crippen LogP contribution < -0.4 is 15.8 Å². The molecule has 1 aliphatic heterocycles. The second kappa shape index (κ2) is 6.16. The van der Waals surface area contributed by atoms with Crippen LogP contribution in [0.4, 0.5) is 5.82 Å². The third-order valence-electron chi connectivity index (χ3n) is 3.17. The van der Waals surface area contributed by atoms with Gasteiger partial charge in [-0.1, -0.05) is 13.8 Å². The Bertz CT molecular complexity index is 466. The Hall–Kier alpha value is -1.40. The van der Waals surface area contributed by atoms with Gasteiger partial charge in [0.15, 0.2) is 0 Å². The number of hydrogen-bond donors (Lipinski definition) is 2. The predicted molar refractivity (Wildman–Crippen MR) is 74.8 cm³/mol. The summed E-state index contributed by atoms with van der Waals surface area (Å²) in [5, 5.41) is 3.29. The highest BCUT2D eigenvalue weighted by atomic mass is 16.5. The van der Waals surface area contributed by atoms with Crippen molar-refractivity contribution >= 4 is 5.82 Å². The van der Waals surface area contributed by atoms with E-state index in [0.717, 1.165) is 32.1 Å². The van der Waals surface area contributed by atoms with Gasteiger partial charge in [-0.2, -0.15) is 0 Å². The van der Waals surface area contributed by atoms with E-state index in [1.807, 2.05) is 25.8 Å². The van der Waals surface area contributed by atoms with Gasteiger partial charge in [0.1, 0.15) is 11.6 Å². The maximum atomic E-state index is 11.6. The molecule has 1 aliphatic rings. The molecule has 1 saturated heterocycles. The van der Waals surface area contributed by atoms with Crippen LogP contribution in [0.3, 0.4) is 0 Å². The minimum Gasteiger partial charge on any atom is -0.374 e. The van der Waals surface area contributed by atoms with Crippen LogP contribution in [0.2, 0.25) is 0 Å².